The van der Waals surface area contributed by atoms with Gasteiger partial charge in [-0.25, -0.2) is 0 Å². The third kappa shape index (κ3) is 1.11. The molecular weight excluding hydrogens is 172 g/mol. The lowest BCUT2D eigenvalue weighted by Gasteiger charge is -2.62. The summed E-state index contributed by atoms with van der Waals surface area (Å²) in [5, 5.41) is 10.5. The Morgan fingerprint density at radius 1 is 1.07 bits per heavy atom. The molecule has 4 saturated carbocycles. The average Bonchev–Trinajstić information content (AvgIpc) is 1.98. The van der Waals surface area contributed by atoms with Crippen LogP contribution in [0.15, 0.2) is 0 Å². The standard InChI is InChI=1S/C13H22O/c1-9(2)12-4-10-3-11(5-12)7-13(14,6-10)8-12/h9-11,14H,3-8H2,1-2H3/t10-,11+,12-,13?. The van der Waals surface area contributed by atoms with Crippen molar-refractivity contribution in [2.75, 3.05) is 0 Å². The lowest BCUT2D eigenvalue weighted by atomic mass is 9.45. The molecule has 4 rings (SSSR count). The largest absolute Gasteiger partial charge is 0.390 e. The Hall–Kier alpha value is -0.0400. The molecule has 0 aromatic carbocycles. The molecule has 1 nitrogen and oxygen atoms in total. The predicted octanol–water partition coefficient (Wildman–Crippen LogP) is 2.97. The topological polar surface area (TPSA) is 20.2 Å². The number of rotatable bonds is 1. The van der Waals surface area contributed by atoms with Gasteiger partial charge in [-0.2, -0.15) is 0 Å². The van der Waals surface area contributed by atoms with Crippen molar-refractivity contribution < 1.29 is 5.11 Å². The molecule has 4 aliphatic rings. The first-order valence-corrected chi connectivity index (χ1v) is 6.24. The molecule has 80 valence electrons. The van der Waals surface area contributed by atoms with Gasteiger partial charge in [-0.05, 0) is 61.7 Å². The van der Waals surface area contributed by atoms with Crippen molar-refractivity contribution in [3.63, 3.8) is 0 Å². The van der Waals surface area contributed by atoms with Gasteiger partial charge in [0, 0.05) is 0 Å². The van der Waals surface area contributed by atoms with Crippen LogP contribution in [0.2, 0.25) is 0 Å². The first-order chi connectivity index (χ1) is 6.51. The fraction of sp³-hybridized carbons (Fsp3) is 1.00. The van der Waals surface area contributed by atoms with Gasteiger partial charge in [0.15, 0.2) is 0 Å². The van der Waals surface area contributed by atoms with E-state index in [0.717, 1.165) is 37.0 Å². The molecule has 1 unspecified atom stereocenters. The summed E-state index contributed by atoms with van der Waals surface area (Å²) >= 11 is 0. The summed E-state index contributed by atoms with van der Waals surface area (Å²) in [5.74, 6) is 2.47. The van der Waals surface area contributed by atoms with Crippen molar-refractivity contribution in [1.29, 1.82) is 0 Å². The molecule has 0 aromatic rings. The van der Waals surface area contributed by atoms with Crippen molar-refractivity contribution in [1.82, 2.24) is 0 Å². The van der Waals surface area contributed by atoms with E-state index in [9.17, 15) is 5.11 Å². The lowest BCUT2D eigenvalue weighted by molar-refractivity contribution is -0.177. The minimum atomic E-state index is -0.256. The van der Waals surface area contributed by atoms with Crippen LogP contribution in [-0.4, -0.2) is 10.7 Å². The Labute approximate surface area is 86.9 Å². The van der Waals surface area contributed by atoms with E-state index in [4.69, 9.17) is 0 Å². The first-order valence-electron chi connectivity index (χ1n) is 6.24. The monoisotopic (exact) mass is 194 g/mol. The Morgan fingerprint density at radius 2 is 1.64 bits per heavy atom. The molecule has 14 heavy (non-hydrogen) atoms. The van der Waals surface area contributed by atoms with Crippen LogP contribution in [0.1, 0.15) is 52.4 Å². The van der Waals surface area contributed by atoms with Gasteiger partial charge in [-0.3, -0.25) is 0 Å². The van der Waals surface area contributed by atoms with Gasteiger partial charge in [-0.15, -0.1) is 0 Å². The second kappa shape index (κ2) is 2.55. The number of hydrogen-bond donors (Lipinski definition) is 1. The van der Waals surface area contributed by atoms with E-state index in [1.165, 1.54) is 19.3 Å². The smallest absolute Gasteiger partial charge is 0.0658 e. The first kappa shape index (κ1) is 9.21. The summed E-state index contributed by atoms with van der Waals surface area (Å²) in [6.07, 6.45) is 7.55. The van der Waals surface area contributed by atoms with Crippen LogP contribution < -0.4 is 0 Å². The van der Waals surface area contributed by atoms with Crippen LogP contribution in [0, 0.1) is 23.2 Å². The molecule has 4 bridgehead atoms. The van der Waals surface area contributed by atoms with E-state index in [1.807, 2.05) is 0 Å². The summed E-state index contributed by atoms with van der Waals surface area (Å²) in [4.78, 5) is 0. The summed E-state index contributed by atoms with van der Waals surface area (Å²) in [6, 6.07) is 0. The van der Waals surface area contributed by atoms with Crippen LogP contribution >= 0.6 is 0 Å². The van der Waals surface area contributed by atoms with Gasteiger partial charge in [0.2, 0.25) is 0 Å². The quantitative estimate of drug-likeness (QED) is 0.680. The third-order valence-electron chi connectivity index (χ3n) is 5.30. The number of aliphatic hydroxyl groups is 1. The SMILES string of the molecule is CC(C)[C@]12C[C@@H]3C[C@@H](CC(O)(C3)C1)C2. The van der Waals surface area contributed by atoms with Crippen LogP contribution in [0.3, 0.4) is 0 Å². The minimum absolute atomic E-state index is 0.256. The summed E-state index contributed by atoms with van der Waals surface area (Å²) in [6.45, 7) is 4.72. The number of hydrogen-bond acceptors (Lipinski definition) is 1. The average molecular weight is 194 g/mol. The van der Waals surface area contributed by atoms with E-state index >= 15 is 0 Å². The van der Waals surface area contributed by atoms with Crippen molar-refractivity contribution >= 4 is 0 Å². The Balaban J connectivity index is 1.96. The fourth-order valence-electron chi connectivity index (χ4n) is 4.96. The van der Waals surface area contributed by atoms with Gasteiger partial charge in [0.25, 0.3) is 0 Å². The highest BCUT2D eigenvalue weighted by atomic mass is 16.3. The highest BCUT2D eigenvalue weighted by molar-refractivity contribution is 5.08. The van der Waals surface area contributed by atoms with E-state index in [0.29, 0.717) is 5.41 Å². The normalized spacial score (nSPS) is 55.7. The summed E-state index contributed by atoms with van der Waals surface area (Å²) < 4.78 is 0. The zero-order chi connectivity index (χ0) is 9.97. The molecule has 0 radical (unpaired) electrons. The second-order valence-corrected chi connectivity index (χ2v) is 6.70. The van der Waals surface area contributed by atoms with Crippen molar-refractivity contribution in [3.8, 4) is 0 Å². The lowest BCUT2D eigenvalue weighted by Crippen LogP contribution is -2.57. The molecule has 1 N–H and O–H groups in total. The Kier molecular flexibility index (Phi) is 1.68. The molecule has 4 atom stereocenters. The highest BCUT2D eigenvalue weighted by Gasteiger charge is 2.57. The second-order valence-electron chi connectivity index (χ2n) is 6.70. The van der Waals surface area contributed by atoms with Gasteiger partial charge in [-0.1, -0.05) is 13.8 Å². The van der Waals surface area contributed by atoms with Crippen LogP contribution in [0.5, 0.6) is 0 Å². The van der Waals surface area contributed by atoms with Crippen molar-refractivity contribution in [3.05, 3.63) is 0 Å². The van der Waals surface area contributed by atoms with Crippen LogP contribution in [0.25, 0.3) is 0 Å². The summed E-state index contributed by atoms with van der Waals surface area (Å²) in [7, 11) is 0. The van der Waals surface area contributed by atoms with E-state index in [2.05, 4.69) is 13.8 Å². The van der Waals surface area contributed by atoms with Crippen molar-refractivity contribution in [2.24, 2.45) is 23.2 Å². The van der Waals surface area contributed by atoms with Gasteiger partial charge < -0.3 is 5.11 Å². The fourth-order valence-corrected chi connectivity index (χ4v) is 4.96. The predicted molar refractivity (Wildman–Crippen MR) is 56.9 cm³/mol. The molecule has 0 heterocycles. The highest BCUT2D eigenvalue weighted by Crippen LogP contribution is 2.63. The third-order valence-corrected chi connectivity index (χ3v) is 5.30. The molecule has 4 aliphatic carbocycles. The minimum Gasteiger partial charge on any atom is -0.390 e. The Bertz CT molecular complexity index is 242. The zero-order valence-electron chi connectivity index (χ0n) is 9.42. The molecule has 0 saturated heterocycles. The molecule has 0 aliphatic heterocycles. The van der Waals surface area contributed by atoms with E-state index in [1.54, 1.807) is 0 Å². The molecule has 0 spiro atoms. The van der Waals surface area contributed by atoms with Gasteiger partial charge in [0.1, 0.15) is 0 Å². The molecule has 4 fully saturated rings. The zero-order valence-corrected chi connectivity index (χ0v) is 9.42. The Morgan fingerprint density at radius 3 is 2.07 bits per heavy atom. The van der Waals surface area contributed by atoms with Crippen LogP contribution in [-0.2, 0) is 0 Å². The van der Waals surface area contributed by atoms with E-state index in [-0.39, 0.29) is 5.60 Å². The summed E-state index contributed by atoms with van der Waals surface area (Å²) in [5.41, 5.74) is 0.257. The van der Waals surface area contributed by atoms with Crippen molar-refractivity contribution in [2.45, 2.75) is 58.0 Å². The molecule has 0 amide bonds. The molecule has 1 heteroatoms. The molecule has 0 aromatic heterocycles. The van der Waals surface area contributed by atoms with E-state index < -0.39 is 0 Å². The van der Waals surface area contributed by atoms with Gasteiger partial charge >= 0.3 is 0 Å². The molecular formula is C13H22O. The maximum Gasteiger partial charge on any atom is 0.0658 e. The van der Waals surface area contributed by atoms with Crippen LogP contribution in [0.4, 0.5) is 0 Å². The maximum atomic E-state index is 10.5. The maximum absolute atomic E-state index is 10.5. The van der Waals surface area contributed by atoms with Gasteiger partial charge in [0.05, 0.1) is 5.60 Å².